The number of rotatable bonds is 5. The van der Waals surface area contributed by atoms with Crippen LogP contribution in [0, 0.1) is 5.82 Å². The van der Waals surface area contributed by atoms with Gasteiger partial charge in [-0.25, -0.2) is 12.8 Å². The molecule has 2 aliphatic rings. The second kappa shape index (κ2) is 9.56. The summed E-state index contributed by atoms with van der Waals surface area (Å²) in [5.41, 5.74) is 2.33. The summed E-state index contributed by atoms with van der Waals surface area (Å²) in [6.07, 6.45) is 1.25. The number of carbonyl (C=O) groups is 1. The number of piperazine rings is 2. The van der Waals surface area contributed by atoms with Crippen LogP contribution in [-0.2, 0) is 16.6 Å². The number of benzene rings is 2. The monoisotopic (exact) mass is 460 g/mol. The Morgan fingerprint density at radius 3 is 2.09 bits per heavy atom. The molecule has 2 heterocycles. The molecule has 0 saturated carbocycles. The Balaban J connectivity index is 1.29. The van der Waals surface area contributed by atoms with Gasteiger partial charge in [0.05, 0.1) is 11.9 Å². The zero-order valence-electron chi connectivity index (χ0n) is 18.3. The molecular weight excluding hydrogens is 431 g/mol. The van der Waals surface area contributed by atoms with E-state index in [4.69, 9.17) is 0 Å². The first-order valence-electron chi connectivity index (χ1n) is 10.9. The van der Waals surface area contributed by atoms with Crippen LogP contribution in [-0.4, -0.2) is 87.0 Å². The van der Waals surface area contributed by atoms with Gasteiger partial charge in [-0.3, -0.25) is 9.69 Å². The smallest absolute Gasteiger partial charge is 0.253 e. The molecule has 1 amide bonds. The van der Waals surface area contributed by atoms with E-state index in [-0.39, 0.29) is 11.7 Å². The first-order chi connectivity index (χ1) is 15.3. The minimum absolute atomic E-state index is 0.00787. The van der Waals surface area contributed by atoms with Crippen molar-refractivity contribution in [2.45, 2.75) is 6.54 Å². The van der Waals surface area contributed by atoms with Gasteiger partial charge in [0.1, 0.15) is 5.82 Å². The lowest BCUT2D eigenvalue weighted by Crippen LogP contribution is -2.49. The SMILES string of the molecule is CS(=O)(=O)N1CCN(Cc2ccc(C(=O)N3CCN(c4ccccc4F)CC3)cc2)CC1. The summed E-state index contributed by atoms with van der Waals surface area (Å²) in [5.74, 6) is -0.243. The third kappa shape index (κ3) is 5.28. The van der Waals surface area contributed by atoms with Gasteiger partial charge < -0.3 is 9.80 Å². The van der Waals surface area contributed by atoms with Gasteiger partial charge in [-0.15, -0.1) is 0 Å². The Hall–Kier alpha value is -2.49. The van der Waals surface area contributed by atoms with Crippen molar-refractivity contribution in [2.24, 2.45) is 0 Å². The standard InChI is InChI=1S/C23H29FN4O3S/c1-32(30,31)28-16-10-25(11-17-28)18-19-6-8-20(9-7-19)23(29)27-14-12-26(13-15-27)22-5-3-2-4-21(22)24/h2-9H,10-18H2,1H3. The zero-order valence-corrected chi connectivity index (χ0v) is 19.1. The number of sulfonamides is 1. The first kappa shape index (κ1) is 22.7. The number of carbonyl (C=O) groups excluding carboxylic acids is 1. The van der Waals surface area contributed by atoms with Gasteiger partial charge >= 0.3 is 0 Å². The molecule has 7 nitrogen and oxygen atoms in total. The van der Waals surface area contributed by atoms with Gasteiger partial charge in [0.25, 0.3) is 5.91 Å². The highest BCUT2D eigenvalue weighted by Crippen LogP contribution is 2.21. The molecule has 4 rings (SSSR count). The highest BCUT2D eigenvalue weighted by molar-refractivity contribution is 7.88. The molecule has 0 unspecified atom stereocenters. The van der Waals surface area contributed by atoms with Crippen molar-refractivity contribution in [3.05, 3.63) is 65.5 Å². The van der Waals surface area contributed by atoms with Crippen LogP contribution in [0.3, 0.4) is 0 Å². The maximum Gasteiger partial charge on any atom is 0.253 e. The van der Waals surface area contributed by atoms with Crippen molar-refractivity contribution in [2.75, 3.05) is 63.5 Å². The van der Waals surface area contributed by atoms with Crippen molar-refractivity contribution in [3.8, 4) is 0 Å². The molecule has 2 fully saturated rings. The number of amides is 1. The van der Waals surface area contributed by atoms with Crippen molar-refractivity contribution in [3.63, 3.8) is 0 Å². The normalized spacial score (nSPS) is 18.7. The van der Waals surface area contributed by atoms with E-state index in [2.05, 4.69) is 4.90 Å². The summed E-state index contributed by atoms with van der Waals surface area (Å²) in [6, 6.07) is 14.4. The fourth-order valence-electron chi connectivity index (χ4n) is 4.27. The quantitative estimate of drug-likeness (QED) is 0.682. The zero-order chi connectivity index (χ0) is 22.7. The predicted octanol–water partition coefficient (Wildman–Crippen LogP) is 1.87. The van der Waals surface area contributed by atoms with Crippen LogP contribution in [0.15, 0.2) is 48.5 Å². The van der Waals surface area contributed by atoms with E-state index in [0.717, 1.165) is 12.1 Å². The molecule has 172 valence electrons. The molecule has 2 saturated heterocycles. The largest absolute Gasteiger partial charge is 0.366 e. The predicted molar refractivity (Wildman–Crippen MR) is 123 cm³/mol. The molecule has 0 aromatic heterocycles. The van der Waals surface area contributed by atoms with Gasteiger partial charge in [0, 0.05) is 64.5 Å². The Labute approximate surface area is 189 Å². The molecule has 32 heavy (non-hydrogen) atoms. The number of halogens is 1. The summed E-state index contributed by atoms with van der Waals surface area (Å²) in [4.78, 5) is 18.9. The molecule has 0 bridgehead atoms. The second-order valence-corrected chi connectivity index (χ2v) is 10.3. The lowest BCUT2D eigenvalue weighted by atomic mass is 10.1. The molecule has 0 aliphatic carbocycles. The minimum Gasteiger partial charge on any atom is -0.366 e. The number of nitrogens with zero attached hydrogens (tertiary/aromatic N) is 4. The van der Waals surface area contributed by atoms with Crippen LogP contribution in [0.4, 0.5) is 10.1 Å². The fraction of sp³-hybridized carbons (Fsp3) is 0.435. The third-order valence-corrected chi connectivity index (χ3v) is 7.47. The molecule has 9 heteroatoms. The molecule has 2 aliphatic heterocycles. The average molecular weight is 461 g/mol. The van der Waals surface area contributed by atoms with Crippen LogP contribution in [0.1, 0.15) is 15.9 Å². The molecule has 0 N–H and O–H groups in total. The highest BCUT2D eigenvalue weighted by atomic mass is 32.2. The Morgan fingerprint density at radius 2 is 1.50 bits per heavy atom. The van der Waals surface area contributed by atoms with Gasteiger partial charge in [-0.05, 0) is 29.8 Å². The van der Waals surface area contributed by atoms with Gasteiger partial charge in [0.15, 0.2) is 0 Å². The lowest BCUT2D eigenvalue weighted by molar-refractivity contribution is 0.0746. The molecule has 0 atom stereocenters. The van der Waals surface area contributed by atoms with Gasteiger partial charge in [-0.2, -0.15) is 4.31 Å². The van der Waals surface area contributed by atoms with Crippen LogP contribution < -0.4 is 4.90 Å². The van der Waals surface area contributed by atoms with E-state index in [0.29, 0.717) is 63.6 Å². The summed E-state index contributed by atoms with van der Waals surface area (Å²) in [5, 5.41) is 0. The first-order valence-corrected chi connectivity index (χ1v) is 12.7. The van der Waals surface area contributed by atoms with Crippen LogP contribution in [0.5, 0.6) is 0 Å². The Bertz CT molecular complexity index is 1050. The Kier molecular flexibility index (Phi) is 6.78. The second-order valence-electron chi connectivity index (χ2n) is 8.37. The van der Waals surface area contributed by atoms with Crippen molar-refractivity contribution in [1.82, 2.24) is 14.1 Å². The van der Waals surface area contributed by atoms with Crippen LogP contribution in [0.25, 0.3) is 0 Å². The van der Waals surface area contributed by atoms with Gasteiger partial charge in [0.2, 0.25) is 10.0 Å². The number of anilines is 1. The van der Waals surface area contributed by atoms with Crippen molar-refractivity contribution >= 4 is 21.6 Å². The third-order valence-electron chi connectivity index (χ3n) is 6.17. The van der Waals surface area contributed by atoms with Gasteiger partial charge in [-0.1, -0.05) is 24.3 Å². The summed E-state index contributed by atoms with van der Waals surface area (Å²) >= 11 is 0. The molecule has 2 aromatic carbocycles. The number of para-hydroxylation sites is 1. The summed E-state index contributed by atoms with van der Waals surface area (Å²) in [6.45, 7) is 5.45. The van der Waals surface area contributed by atoms with Crippen LogP contribution in [0.2, 0.25) is 0 Å². The van der Waals surface area contributed by atoms with E-state index in [1.165, 1.54) is 16.6 Å². The molecule has 0 spiro atoms. The van der Waals surface area contributed by atoms with Crippen molar-refractivity contribution < 1.29 is 17.6 Å². The molecule has 2 aromatic rings. The van der Waals surface area contributed by atoms with E-state index < -0.39 is 10.0 Å². The lowest BCUT2D eigenvalue weighted by Gasteiger charge is -2.36. The van der Waals surface area contributed by atoms with Crippen molar-refractivity contribution in [1.29, 1.82) is 0 Å². The van der Waals surface area contributed by atoms with E-state index in [1.807, 2.05) is 40.1 Å². The Morgan fingerprint density at radius 1 is 0.875 bits per heavy atom. The summed E-state index contributed by atoms with van der Waals surface area (Å²) < 4.78 is 38.8. The van der Waals surface area contributed by atoms with E-state index in [9.17, 15) is 17.6 Å². The molecule has 0 radical (unpaired) electrons. The van der Waals surface area contributed by atoms with E-state index >= 15 is 0 Å². The minimum atomic E-state index is -3.13. The maximum atomic E-state index is 14.0. The molecular formula is C23H29FN4O3S. The van der Waals surface area contributed by atoms with Crippen LogP contribution >= 0.6 is 0 Å². The number of hydrogen-bond donors (Lipinski definition) is 0. The maximum absolute atomic E-state index is 14.0. The fourth-order valence-corrected chi connectivity index (χ4v) is 5.10. The number of hydrogen-bond acceptors (Lipinski definition) is 5. The van der Waals surface area contributed by atoms with E-state index in [1.54, 1.807) is 12.1 Å². The topological polar surface area (TPSA) is 64.2 Å². The average Bonchev–Trinajstić information content (AvgIpc) is 2.79. The summed E-state index contributed by atoms with van der Waals surface area (Å²) in [7, 11) is -3.13. The highest BCUT2D eigenvalue weighted by Gasteiger charge is 2.25.